The molecule has 1 aromatic rings. The zero-order chi connectivity index (χ0) is 17.7. The number of nitrogens with zero attached hydrogens (tertiary/aromatic N) is 1. The molecule has 0 atom stereocenters. The lowest BCUT2D eigenvalue weighted by atomic mass is 10.2. The number of hydrogen-bond donors (Lipinski definition) is 2. The fourth-order valence-corrected chi connectivity index (χ4v) is 2.53. The Balaban J connectivity index is 0.00000338. The van der Waals surface area contributed by atoms with Crippen molar-refractivity contribution in [2.45, 2.75) is 45.6 Å². The number of rotatable bonds is 12. The molecule has 0 spiro atoms. The van der Waals surface area contributed by atoms with Crippen molar-refractivity contribution < 1.29 is 9.47 Å². The van der Waals surface area contributed by atoms with Crippen LogP contribution in [0.5, 0.6) is 5.75 Å². The van der Waals surface area contributed by atoms with Gasteiger partial charge >= 0.3 is 0 Å². The van der Waals surface area contributed by atoms with E-state index in [2.05, 4.69) is 23.6 Å². The van der Waals surface area contributed by atoms with E-state index in [1.165, 1.54) is 12.8 Å². The van der Waals surface area contributed by atoms with E-state index in [-0.39, 0.29) is 24.0 Å². The molecular weight excluding hydrogens is 441 g/mol. The first-order chi connectivity index (χ1) is 12.3. The van der Waals surface area contributed by atoms with E-state index in [1.54, 1.807) is 7.11 Å². The lowest BCUT2D eigenvalue weighted by molar-refractivity contribution is 0.192. The molecule has 1 aromatic carbocycles. The van der Waals surface area contributed by atoms with Gasteiger partial charge in [0, 0.05) is 32.4 Å². The van der Waals surface area contributed by atoms with Crippen LogP contribution in [-0.2, 0) is 11.3 Å². The van der Waals surface area contributed by atoms with E-state index < -0.39 is 0 Å². The fourth-order valence-electron chi connectivity index (χ4n) is 2.53. The molecule has 2 N–H and O–H groups in total. The molecule has 1 aliphatic carbocycles. The Bertz CT molecular complexity index is 522. The lowest BCUT2D eigenvalue weighted by Crippen LogP contribution is -2.37. The summed E-state index contributed by atoms with van der Waals surface area (Å²) in [7, 11) is 1.75. The zero-order valence-electron chi connectivity index (χ0n) is 16.1. The standard InChI is InChI=1S/C20H33N3O2.HI/c1-3-21-20(22-13-7-4-8-14-24-2)23-15-18-9-5-6-10-19(18)25-16-17-11-12-17;/h5-6,9-10,17H,3-4,7-8,11-16H2,1-2H3,(H2,21,22,23);1H. The second-order valence-corrected chi connectivity index (χ2v) is 6.54. The Morgan fingerprint density at radius 1 is 1.15 bits per heavy atom. The van der Waals surface area contributed by atoms with Crippen LogP contribution >= 0.6 is 24.0 Å². The number of unbranched alkanes of at least 4 members (excludes halogenated alkanes) is 2. The third-order valence-electron chi connectivity index (χ3n) is 4.21. The molecule has 0 radical (unpaired) electrons. The van der Waals surface area contributed by atoms with E-state index in [0.717, 1.165) is 68.8 Å². The van der Waals surface area contributed by atoms with Crippen molar-refractivity contribution in [3.8, 4) is 5.75 Å². The molecular formula is C20H34IN3O2. The summed E-state index contributed by atoms with van der Waals surface area (Å²) in [5.41, 5.74) is 1.14. The Kier molecular flexibility index (Phi) is 12.5. The van der Waals surface area contributed by atoms with Crippen molar-refractivity contribution in [1.82, 2.24) is 10.6 Å². The number of para-hydroxylation sites is 1. The highest BCUT2D eigenvalue weighted by atomic mass is 127. The summed E-state index contributed by atoms with van der Waals surface area (Å²) in [4.78, 5) is 4.71. The Labute approximate surface area is 175 Å². The second kappa shape index (κ2) is 14.1. The van der Waals surface area contributed by atoms with Crippen LogP contribution in [0.2, 0.25) is 0 Å². The molecule has 0 aliphatic heterocycles. The molecule has 0 aromatic heterocycles. The molecule has 148 valence electrons. The van der Waals surface area contributed by atoms with Gasteiger partial charge in [-0.3, -0.25) is 0 Å². The van der Waals surface area contributed by atoms with Crippen molar-refractivity contribution in [1.29, 1.82) is 0 Å². The minimum Gasteiger partial charge on any atom is -0.493 e. The van der Waals surface area contributed by atoms with E-state index in [9.17, 15) is 0 Å². The van der Waals surface area contributed by atoms with Crippen LogP contribution in [-0.4, -0.2) is 39.4 Å². The predicted molar refractivity (Wildman–Crippen MR) is 119 cm³/mol. The summed E-state index contributed by atoms with van der Waals surface area (Å²) in [5, 5.41) is 6.71. The molecule has 0 bridgehead atoms. The minimum atomic E-state index is 0. The van der Waals surface area contributed by atoms with Gasteiger partial charge < -0.3 is 20.1 Å². The van der Waals surface area contributed by atoms with Gasteiger partial charge in [-0.1, -0.05) is 18.2 Å². The van der Waals surface area contributed by atoms with Crippen LogP contribution in [0, 0.1) is 5.92 Å². The van der Waals surface area contributed by atoms with Crippen LogP contribution in [0.1, 0.15) is 44.6 Å². The summed E-state index contributed by atoms with van der Waals surface area (Å²) >= 11 is 0. The third-order valence-corrected chi connectivity index (χ3v) is 4.21. The Hall–Kier alpha value is -1.02. The third kappa shape index (κ3) is 9.62. The molecule has 26 heavy (non-hydrogen) atoms. The molecule has 5 nitrogen and oxygen atoms in total. The molecule has 2 rings (SSSR count). The average molecular weight is 475 g/mol. The molecule has 1 fully saturated rings. The van der Waals surface area contributed by atoms with Crippen LogP contribution in [0.3, 0.4) is 0 Å². The van der Waals surface area contributed by atoms with Crippen molar-refractivity contribution >= 4 is 29.9 Å². The largest absolute Gasteiger partial charge is 0.493 e. The highest BCUT2D eigenvalue weighted by Gasteiger charge is 2.22. The van der Waals surface area contributed by atoms with Gasteiger partial charge in [-0.05, 0) is 51.0 Å². The molecule has 0 amide bonds. The van der Waals surface area contributed by atoms with Gasteiger partial charge in [-0.2, -0.15) is 0 Å². The lowest BCUT2D eigenvalue weighted by Gasteiger charge is -2.13. The first kappa shape index (κ1) is 23.0. The average Bonchev–Trinajstić information content (AvgIpc) is 3.46. The molecule has 1 saturated carbocycles. The van der Waals surface area contributed by atoms with Gasteiger partial charge in [0.2, 0.25) is 0 Å². The number of ether oxygens (including phenoxy) is 2. The highest BCUT2D eigenvalue weighted by molar-refractivity contribution is 14.0. The monoisotopic (exact) mass is 475 g/mol. The molecule has 1 aliphatic rings. The number of guanidine groups is 1. The van der Waals surface area contributed by atoms with E-state index >= 15 is 0 Å². The van der Waals surface area contributed by atoms with Gasteiger partial charge in [-0.15, -0.1) is 24.0 Å². The van der Waals surface area contributed by atoms with E-state index in [0.29, 0.717) is 6.54 Å². The number of nitrogens with one attached hydrogen (secondary N) is 2. The van der Waals surface area contributed by atoms with Gasteiger partial charge in [0.15, 0.2) is 5.96 Å². The van der Waals surface area contributed by atoms with E-state index in [4.69, 9.17) is 14.5 Å². The number of halogens is 1. The maximum absolute atomic E-state index is 5.97. The molecule has 6 heteroatoms. The summed E-state index contributed by atoms with van der Waals surface area (Å²) in [6.07, 6.45) is 6.00. The topological polar surface area (TPSA) is 54.9 Å². The van der Waals surface area contributed by atoms with Crippen LogP contribution in [0.25, 0.3) is 0 Å². The van der Waals surface area contributed by atoms with Gasteiger partial charge in [0.25, 0.3) is 0 Å². The summed E-state index contributed by atoms with van der Waals surface area (Å²) in [5.74, 6) is 2.59. The normalized spacial score (nSPS) is 13.8. The SMILES string of the molecule is CCNC(=NCc1ccccc1OCC1CC1)NCCCCCOC.I. The maximum Gasteiger partial charge on any atom is 0.191 e. The van der Waals surface area contributed by atoms with Gasteiger partial charge in [-0.25, -0.2) is 4.99 Å². The van der Waals surface area contributed by atoms with Crippen molar-refractivity contribution in [2.24, 2.45) is 10.9 Å². The molecule has 0 unspecified atom stereocenters. The first-order valence-corrected chi connectivity index (χ1v) is 9.55. The Morgan fingerprint density at radius 3 is 2.69 bits per heavy atom. The summed E-state index contributed by atoms with van der Waals surface area (Å²) in [6, 6.07) is 8.22. The smallest absolute Gasteiger partial charge is 0.191 e. The number of hydrogen-bond acceptors (Lipinski definition) is 3. The highest BCUT2D eigenvalue weighted by Crippen LogP contribution is 2.30. The predicted octanol–water partition coefficient (Wildman–Crippen LogP) is 3.97. The molecule has 0 saturated heterocycles. The minimum absolute atomic E-state index is 0. The van der Waals surface area contributed by atoms with E-state index in [1.807, 2.05) is 18.2 Å². The van der Waals surface area contributed by atoms with Gasteiger partial charge in [0.1, 0.15) is 5.75 Å². The second-order valence-electron chi connectivity index (χ2n) is 6.54. The number of aliphatic imine (C=N–C) groups is 1. The maximum atomic E-state index is 5.97. The van der Waals surface area contributed by atoms with Crippen molar-refractivity contribution in [2.75, 3.05) is 33.4 Å². The van der Waals surface area contributed by atoms with Crippen molar-refractivity contribution in [3.63, 3.8) is 0 Å². The van der Waals surface area contributed by atoms with Crippen LogP contribution < -0.4 is 15.4 Å². The summed E-state index contributed by atoms with van der Waals surface area (Å²) < 4.78 is 11.0. The number of benzene rings is 1. The fraction of sp³-hybridized carbons (Fsp3) is 0.650. The zero-order valence-corrected chi connectivity index (χ0v) is 18.5. The Morgan fingerprint density at radius 2 is 1.96 bits per heavy atom. The van der Waals surface area contributed by atoms with Crippen LogP contribution in [0.4, 0.5) is 0 Å². The molecule has 0 heterocycles. The number of methoxy groups -OCH3 is 1. The van der Waals surface area contributed by atoms with Crippen molar-refractivity contribution in [3.05, 3.63) is 29.8 Å². The van der Waals surface area contributed by atoms with Gasteiger partial charge in [0.05, 0.1) is 13.2 Å². The summed E-state index contributed by atoms with van der Waals surface area (Å²) in [6.45, 7) is 6.17. The first-order valence-electron chi connectivity index (χ1n) is 9.55. The quantitative estimate of drug-likeness (QED) is 0.208. The van der Waals surface area contributed by atoms with Crippen LogP contribution in [0.15, 0.2) is 29.3 Å².